The van der Waals surface area contributed by atoms with Gasteiger partial charge in [0.05, 0.1) is 25.1 Å². The van der Waals surface area contributed by atoms with Crippen molar-refractivity contribution in [1.82, 2.24) is 14.1 Å². The van der Waals surface area contributed by atoms with Gasteiger partial charge in [0.1, 0.15) is 0 Å². The van der Waals surface area contributed by atoms with Crippen molar-refractivity contribution in [2.75, 3.05) is 71.8 Å². The number of aliphatic hydroxyl groups excluding tert-OH is 1. The smallest absolute Gasteiger partial charge is 0.216 e. The van der Waals surface area contributed by atoms with Crippen molar-refractivity contribution >= 4 is 10.0 Å². The van der Waals surface area contributed by atoms with Gasteiger partial charge >= 0.3 is 0 Å². The number of rotatable bonds is 5. The van der Waals surface area contributed by atoms with Gasteiger partial charge < -0.3 is 14.7 Å². The molecular weight excluding hydrogens is 282 g/mol. The molecule has 20 heavy (non-hydrogen) atoms. The average Bonchev–Trinajstić information content (AvgIpc) is 2.39. The summed E-state index contributed by atoms with van der Waals surface area (Å²) in [6.07, 6.45) is -0.228. The van der Waals surface area contributed by atoms with Crippen LogP contribution in [0.15, 0.2) is 0 Å². The summed E-state index contributed by atoms with van der Waals surface area (Å²) in [6.45, 7) is 5.24. The minimum absolute atomic E-state index is 0.0668. The number of nitrogens with zero attached hydrogens (tertiary/aromatic N) is 3. The molecule has 0 aromatic heterocycles. The Labute approximate surface area is 121 Å². The second kappa shape index (κ2) is 7.15. The van der Waals surface area contributed by atoms with E-state index in [1.54, 1.807) is 4.31 Å². The predicted octanol–water partition coefficient (Wildman–Crippen LogP) is -1.74. The van der Waals surface area contributed by atoms with Crippen LogP contribution in [-0.2, 0) is 14.8 Å². The van der Waals surface area contributed by atoms with E-state index in [1.807, 2.05) is 7.05 Å². The van der Waals surface area contributed by atoms with Gasteiger partial charge in [-0.15, -0.1) is 0 Å². The Hall–Kier alpha value is -0.250. The Morgan fingerprint density at radius 1 is 1.20 bits per heavy atom. The van der Waals surface area contributed by atoms with Crippen LogP contribution in [0, 0.1) is 0 Å². The monoisotopic (exact) mass is 307 g/mol. The zero-order valence-electron chi connectivity index (χ0n) is 12.1. The number of β-amino-alcohol motifs (C(OH)–C–C–N with tert-alkyl or cyclic N) is 1. The van der Waals surface area contributed by atoms with Gasteiger partial charge in [-0.2, -0.15) is 4.31 Å². The van der Waals surface area contributed by atoms with E-state index in [0.717, 1.165) is 6.54 Å². The summed E-state index contributed by atoms with van der Waals surface area (Å²) in [5, 5.41) is 8.89. The number of morpholine rings is 1. The van der Waals surface area contributed by atoms with Crippen molar-refractivity contribution in [1.29, 1.82) is 0 Å². The second-order valence-electron chi connectivity index (χ2n) is 5.50. The molecule has 0 aromatic carbocycles. The van der Waals surface area contributed by atoms with Crippen LogP contribution in [0.25, 0.3) is 0 Å². The topological polar surface area (TPSA) is 73.3 Å². The van der Waals surface area contributed by atoms with E-state index in [1.165, 1.54) is 0 Å². The molecular formula is C12H25N3O4S. The molecule has 1 N–H and O–H groups in total. The van der Waals surface area contributed by atoms with Crippen LogP contribution in [0.3, 0.4) is 0 Å². The van der Waals surface area contributed by atoms with Gasteiger partial charge in [0, 0.05) is 45.8 Å². The van der Waals surface area contributed by atoms with E-state index in [-0.39, 0.29) is 18.5 Å². The van der Waals surface area contributed by atoms with Gasteiger partial charge in [0.2, 0.25) is 10.0 Å². The highest BCUT2D eigenvalue weighted by molar-refractivity contribution is 7.89. The third-order valence-corrected chi connectivity index (χ3v) is 5.82. The van der Waals surface area contributed by atoms with Gasteiger partial charge in [-0.05, 0) is 7.05 Å². The van der Waals surface area contributed by atoms with Crippen LogP contribution in [-0.4, -0.2) is 106 Å². The summed E-state index contributed by atoms with van der Waals surface area (Å²) in [4.78, 5) is 4.18. The quantitative estimate of drug-likeness (QED) is 0.650. The largest absolute Gasteiger partial charge is 0.395 e. The summed E-state index contributed by atoms with van der Waals surface area (Å²) >= 11 is 0. The van der Waals surface area contributed by atoms with Crippen molar-refractivity contribution in [3.05, 3.63) is 0 Å². The van der Waals surface area contributed by atoms with Gasteiger partial charge in [0.25, 0.3) is 0 Å². The number of ether oxygens (including phenoxy) is 1. The molecule has 0 saturated carbocycles. The zero-order valence-corrected chi connectivity index (χ0v) is 12.9. The number of hydrogen-bond acceptors (Lipinski definition) is 6. The summed E-state index contributed by atoms with van der Waals surface area (Å²) in [5.74, 6) is 0.0668. The SMILES string of the molecule is CN1CCOC(CS(=O)(=O)N2CCN(CCO)CC2)C1. The van der Waals surface area contributed by atoms with Crippen molar-refractivity contribution in [3.63, 3.8) is 0 Å². The molecule has 2 rings (SSSR count). The van der Waals surface area contributed by atoms with E-state index < -0.39 is 10.0 Å². The Bertz CT molecular complexity index is 396. The molecule has 0 radical (unpaired) electrons. The molecule has 0 aliphatic carbocycles. The molecule has 118 valence electrons. The maximum absolute atomic E-state index is 12.4. The normalized spacial score (nSPS) is 27.8. The van der Waals surface area contributed by atoms with Crippen LogP contribution in [0.4, 0.5) is 0 Å². The third kappa shape index (κ3) is 4.37. The standard InChI is InChI=1S/C12H25N3O4S/c1-13-7-9-19-12(10-13)11-20(17,18)15-4-2-14(3-5-15)6-8-16/h12,16H,2-11H2,1H3. The van der Waals surface area contributed by atoms with E-state index in [9.17, 15) is 8.42 Å². The second-order valence-corrected chi connectivity index (χ2v) is 7.51. The van der Waals surface area contributed by atoms with Gasteiger partial charge in [-0.3, -0.25) is 4.90 Å². The molecule has 8 heteroatoms. The lowest BCUT2D eigenvalue weighted by Gasteiger charge is -2.35. The molecule has 7 nitrogen and oxygen atoms in total. The zero-order chi connectivity index (χ0) is 14.6. The van der Waals surface area contributed by atoms with Gasteiger partial charge in [-0.25, -0.2) is 8.42 Å². The highest BCUT2D eigenvalue weighted by Gasteiger charge is 2.31. The van der Waals surface area contributed by atoms with E-state index in [4.69, 9.17) is 9.84 Å². The number of likely N-dealkylation sites (N-methyl/N-ethyl adjacent to an activating group) is 1. The fourth-order valence-electron chi connectivity index (χ4n) is 2.68. The molecule has 2 saturated heterocycles. The van der Waals surface area contributed by atoms with Crippen molar-refractivity contribution in [2.45, 2.75) is 6.10 Å². The molecule has 1 unspecified atom stereocenters. The van der Waals surface area contributed by atoms with E-state index >= 15 is 0 Å². The molecule has 2 aliphatic rings. The summed E-state index contributed by atoms with van der Waals surface area (Å²) < 4.78 is 31.9. The maximum Gasteiger partial charge on any atom is 0.216 e. The predicted molar refractivity (Wildman–Crippen MR) is 76.1 cm³/mol. The van der Waals surface area contributed by atoms with Crippen molar-refractivity contribution in [3.8, 4) is 0 Å². The van der Waals surface area contributed by atoms with Crippen LogP contribution in [0.2, 0.25) is 0 Å². The molecule has 0 amide bonds. The highest BCUT2D eigenvalue weighted by atomic mass is 32.2. The number of aliphatic hydroxyl groups is 1. The lowest BCUT2D eigenvalue weighted by atomic mass is 10.3. The Morgan fingerprint density at radius 2 is 1.90 bits per heavy atom. The molecule has 2 fully saturated rings. The van der Waals surface area contributed by atoms with Crippen molar-refractivity contribution in [2.24, 2.45) is 0 Å². The maximum atomic E-state index is 12.4. The highest BCUT2D eigenvalue weighted by Crippen LogP contribution is 2.12. The van der Waals surface area contributed by atoms with Crippen LogP contribution < -0.4 is 0 Å². The first kappa shape index (κ1) is 16.1. The average molecular weight is 307 g/mol. The molecule has 2 aliphatic heterocycles. The van der Waals surface area contributed by atoms with Gasteiger partial charge in [0.15, 0.2) is 0 Å². The summed E-state index contributed by atoms with van der Waals surface area (Å²) in [7, 11) is -1.27. The van der Waals surface area contributed by atoms with Gasteiger partial charge in [-0.1, -0.05) is 0 Å². The molecule has 0 bridgehead atoms. The Morgan fingerprint density at radius 3 is 2.50 bits per heavy atom. The first-order valence-corrected chi connectivity index (χ1v) is 8.73. The molecule has 2 heterocycles. The number of sulfonamides is 1. The minimum Gasteiger partial charge on any atom is -0.395 e. The fourth-order valence-corrected chi connectivity index (χ4v) is 4.28. The summed E-state index contributed by atoms with van der Waals surface area (Å²) in [6, 6.07) is 0. The van der Waals surface area contributed by atoms with Crippen LogP contribution in [0.5, 0.6) is 0 Å². The first-order chi connectivity index (χ1) is 9.51. The first-order valence-electron chi connectivity index (χ1n) is 7.12. The lowest BCUT2D eigenvalue weighted by Crippen LogP contribution is -2.52. The Kier molecular flexibility index (Phi) is 5.76. The van der Waals surface area contributed by atoms with Crippen molar-refractivity contribution < 1.29 is 18.3 Å². The lowest BCUT2D eigenvalue weighted by molar-refractivity contribution is -0.00742. The van der Waals surface area contributed by atoms with E-state index in [0.29, 0.717) is 45.9 Å². The van der Waals surface area contributed by atoms with E-state index in [2.05, 4.69) is 9.80 Å². The minimum atomic E-state index is -3.25. The molecule has 1 atom stereocenters. The fraction of sp³-hybridized carbons (Fsp3) is 1.00. The van der Waals surface area contributed by atoms with Crippen LogP contribution >= 0.6 is 0 Å². The number of hydrogen-bond donors (Lipinski definition) is 1. The summed E-state index contributed by atoms with van der Waals surface area (Å²) in [5.41, 5.74) is 0. The third-order valence-electron chi connectivity index (χ3n) is 3.88. The number of piperazine rings is 1. The Balaban J connectivity index is 1.84. The molecule has 0 spiro atoms. The molecule has 0 aromatic rings. The van der Waals surface area contributed by atoms with Crippen LogP contribution in [0.1, 0.15) is 0 Å².